The van der Waals surface area contributed by atoms with E-state index < -0.39 is 12.6 Å². The molecule has 0 spiro atoms. The predicted molar refractivity (Wildman–Crippen MR) is 75.1 cm³/mol. The van der Waals surface area contributed by atoms with Crippen molar-refractivity contribution in [3.63, 3.8) is 0 Å². The van der Waals surface area contributed by atoms with Crippen LogP contribution in [0.25, 0.3) is 0 Å². The van der Waals surface area contributed by atoms with Crippen molar-refractivity contribution >= 4 is 23.5 Å². The maximum absolute atomic E-state index is 12.2. The second-order valence-corrected chi connectivity index (χ2v) is 5.82. The first-order chi connectivity index (χ1) is 9.78. The van der Waals surface area contributed by atoms with Gasteiger partial charge >= 0.3 is 5.97 Å². The van der Waals surface area contributed by atoms with Crippen LogP contribution in [0.15, 0.2) is 24.3 Å². The van der Waals surface area contributed by atoms with Crippen molar-refractivity contribution in [2.75, 3.05) is 11.5 Å². The number of rotatable bonds is 4. The number of piperidine rings is 1. The number of carboxylic acid groups (broad SMARTS) is 1. The van der Waals surface area contributed by atoms with Gasteiger partial charge < -0.3 is 9.84 Å². The van der Waals surface area contributed by atoms with Crippen LogP contribution < -0.4 is 9.64 Å². The fraction of sp³-hybridized carbons (Fsp3) is 0.400. The number of imide groups is 1. The van der Waals surface area contributed by atoms with Gasteiger partial charge in [0.2, 0.25) is 11.8 Å². The summed E-state index contributed by atoms with van der Waals surface area (Å²) in [5.74, 6) is -1.30. The van der Waals surface area contributed by atoms with Gasteiger partial charge in [-0.2, -0.15) is 0 Å². The minimum Gasteiger partial charge on any atom is -0.482 e. The Labute approximate surface area is 122 Å². The average molecular weight is 291 g/mol. The fourth-order valence-electron chi connectivity index (χ4n) is 2.32. The molecule has 1 aromatic rings. The number of anilines is 1. The largest absolute Gasteiger partial charge is 0.482 e. The van der Waals surface area contributed by atoms with Gasteiger partial charge in [0.25, 0.3) is 0 Å². The normalized spacial score (nSPS) is 17.7. The van der Waals surface area contributed by atoms with E-state index in [0.717, 1.165) is 4.90 Å². The van der Waals surface area contributed by atoms with Gasteiger partial charge in [-0.3, -0.25) is 14.5 Å². The third-order valence-electron chi connectivity index (χ3n) is 3.20. The topological polar surface area (TPSA) is 83.9 Å². The van der Waals surface area contributed by atoms with E-state index in [1.807, 2.05) is 13.8 Å². The molecule has 1 N–H and O–H groups in total. The average Bonchev–Trinajstić information content (AvgIpc) is 2.34. The molecule has 1 saturated heterocycles. The molecule has 0 unspecified atom stereocenters. The van der Waals surface area contributed by atoms with Gasteiger partial charge in [-0.05, 0) is 17.5 Å². The zero-order chi connectivity index (χ0) is 15.6. The van der Waals surface area contributed by atoms with Crippen molar-refractivity contribution in [1.29, 1.82) is 0 Å². The van der Waals surface area contributed by atoms with Crippen LogP contribution in [0.4, 0.5) is 5.69 Å². The number of ether oxygens (including phenoxy) is 1. The molecule has 6 heteroatoms. The summed E-state index contributed by atoms with van der Waals surface area (Å²) in [6, 6.07) is 6.32. The number of hydrogen-bond acceptors (Lipinski definition) is 4. The maximum atomic E-state index is 12.2. The predicted octanol–water partition coefficient (Wildman–Crippen LogP) is 1.83. The summed E-state index contributed by atoms with van der Waals surface area (Å²) in [6.07, 6.45) is 0.581. The van der Waals surface area contributed by atoms with Crippen LogP contribution in [0.1, 0.15) is 26.7 Å². The summed E-state index contributed by atoms with van der Waals surface area (Å²) in [5.41, 5.74) is 0.0747. The fourth-order valence-corrected chi connectivity index (χ4v) is 2.32. The van der Waals surface area contributed by atoms with Crippen molar-refractivity contribution in [3.8, 4) is 5.75 Å². The van der Waals surface area contributed by atoms with Crippen molar-refractivity contribution in [2.45, 2.75) is 26.7 Å². The van der Waals surface area contributed by atoms with Crippen molar-refractivity contribution in [1.82, 2.24) is 0 Å². The Morgan fingerprint density at radius 1 is 1.29 bits per heavy atom. The van der Waals surface area contributed by atoms with Gasteiger partial charge in [-0.25, -0.2) is 4.79 Å². The molecule has 112 valence electrons. The van der Waals surface area contributed by atoms with Crippen LogP contribution in [-0.4, -0.2) is 29.5 Å². The van der Waals surface area contributed by atoms with Crippen LogP contribution in [0.3, 0.4) is 0 Å². The van der Waals surface area contributed by atoms with E-state index in [2.05, 4.69) is 0 Å². The molecule has 1 aliphatic rings. The molecule has 1 aliphatic heterocycles. The molecule has 2 rings (SSSR count). The quantitative estimate of drug-likeness (QED) is 0.856. The van der Waals surface area contributed by atoms with Gasteiger partial charge in [0.1, 0.15) is 5.75 Å². The zero-order valence-electron chi connectivity index (χ0n) is 12.0. The SMILES string of the molecule is CC1(C)CC(=O)N(c2cccc(OCC(=O)O)c2)C(=O)C1. The van der Waals surface area contributed by atoms with Gasteiger partial charge in [-0.1, -0.05) is 19.9 Å². The highest BCUT2D eigenvalue weighted by Gasteiger charge is 2.38. The summed E-state index contributed by atoms with van der Waals surface area (Å²) < 4.78 is 5.06. The summed E-state index contributed by atoms with van der Waals surface area (Å²) in [7, 11) is 0. The summed E-state index contributed by atoms with van der Waals surface area (Å²) in [4.78, 5) is 36.0. The lowest BCUT2D eigenvalue weighted by molar-refractivity contribution is -0.139. The second kappa shape index (κ2) is 5.55. The monoisotopic (exact) mass is 291 g/mol. The maximum Gasteiger partial charge on any atom is 0.341 e. The van der Waals surface area contributed by atoms with Gasteiger partial charge in [-0.15, -0.1) is 0 Å². The molecular formula is C15H17NO5. The number of amides is 2. The number of aliphatic carboxylic acids is 1. The van der Waals surface area contributed by atoms with Crippen molar-refractivity contribution in [2.24, 2.45) is 5.41 Å². The highest BCUT2D eigenvalue weighted by Crippen LogP contribution is 2.34. The number of carbonyl (C=O) groups is 3. The van der Waals surface area contributed by atoms with Gasteiger partial charge in [0.05, 0.1) is 5.69 Å². The Bertz CT molecular complexity index is 573. The minimum absolute atomic E-state index is 0.258. The lowest BCUT2D eigenvalue weighted by Crippen LogP contribution is -2.46. The highest BCUT2D eigenvalue weighted by molar-refractivity contribution is 6.17. The zero-order valence-corrected chi connectivity index (χ0v) is 12.0. The molecule has 1 aromatic carbocycles. The number of benzene rings is 1. The second-order valence-electron chi connectivity index (χ2n) is 5.82. The molecule has 0 aromatic heterocycles. The minimum atomic E-state index is -1.09. The van der Waals surface area contributed by atoms with Crippen LogP contribution in [0, 0.1) is 5.41 Å². The van der Waals surface area contributed by atoms with Crippen LogP contribution in [-0.2, 0) is 14.4 Å². The molecule has 1 fully saturated rings. The standard InChI is InChI=1S/C15H17NO5/c1-15(2)7-12(17)16(13(18)8-15)10-4-3-5-11(6-10)21-9-14(19)20/h3-6H,7-9H2,1-2H3,(H,19,20). The van der Waals surface area contributed by atoms with E-state index in [9.17, 15) is 14.4 Å². The molecule has 0 radical (unpaired) electrons. The Hall–Kier alpha value is -2.37. The number of carbonyl (C=O) groups excluding carboxylic acids is 2. The lowest BCUT2D eigenvalue weighted by atomic mass is 9.81. The van der Waals surface area contributed by atoms with Crippen LogP contribution in [0.5, 0.6) is 5.75 Å². The molecule has 2 amide bonds. The Morgan fingerprint density at radius 2 is 1.90 bits per heavy atom. The Balaban J connectivity index is 2.21. The third kappa shape index (κ3) is 3.59. The molecule has 6 nitrogen and oxygen atoms in total. The van der Waals surface area contributed by atoms with E-state index in [-0.39, 0.29) is 17.2 Å². The van der Waals surface area contributed by atoms with Crippen LogP contribution in [0.2, 0.25) is 0 Å². The highest BCUT2D eigenvalue weighted by atomic mass is 16.5. The first-order valence-electron chi connectivity index (χ1n) is 6.59. The molecule has 0 saturated carbocycles. The molecule has 1 heterocycles. The third-order valence-corrected chi connectivity index (χ3v) is 3.20. The van der Waals surface area contributed by atoms with E-state index in [1.54, 1.807) is 18.2 Å². The summed E-state index contributed by atoms with van der Waals surface area (Å²) in [6.45, 7) is 3.29. The summed E-state index contributed by atoms with van der Waals surface area (Å²) >= 11 is 0. The lowest BCUT2D eigenvalue weighted by Gasteiger charge is -2.34. The summed E-state index contributed by atoms with van der Waals surface area (Å²) in [5, 5.41) is 8.59. The van der Waals surface area contributed by atoms with Gasteiger partial charge in [0.15, 0.2) is 6.61 Å². The molecule has 0 atom stereocenters. The number of carboxylic acids is 1. The van der Waals surface area contributed by atoms with E-state index in [0.29, 0.717) is 24.3 Å². The molecule has 0 bridgehead atoms. The first kappa shape index (κ1) is 15.0. The van der Waals surface area contributed by atoms with Crippen molar-refractivity contribution < 1.29 is 24.2 Å². The Kier molecular flexibility index (Phi) is 3.97. The first-order valence-corrected chi connectivity index (χ1v) is 6.59. The molecule has 0 aliphatic carbocycles. The Morgan fingerprint density at radius 3 is 2.48 bits per heavy atom. The number of hydrogen-bond donors (Lipinski definition) is 1. The number of nitrogens with zero attached hydrogens (tertiary/aromatic N) is 1. The van der Waals surface area contributed by atoms with Crippen LogP contribution >= 0.6 is 0 Å². The van der Waals surface area contributed by atoms with E-state index in [1.165, 1.54) is 6.07 Å². The van der Waals surface area contributed by atoms with E-state index >= 15 is 0 Å². The molecular weight excluding hydrogens is 274 g/mol. The van der Waals surface area contributed by atoms with Crippen molar-refractivity contribution in [3.05, 3.63) is 24.3 Å². The smallest absolute Gasteiger partial charge is 0.341 e. The van der Waals surface area contributed by atoms with E-state index in [4.69, 9.17) is 9.84 Å². The van der Waals surface area contributed by atoms with Gasteiger partial charge in [0, 0.05) is 18.9 Å². The molecule has 21 heavy (non-hydrogen) atoms.